The van der Waals surface area contributed by atoms with Gasteiger partial charge >= 0.3 is 0 Å². The van der Waals surface area contributed by atoms with Crippen molar-refractivity contribution in [3.05, 3.63) is 72.1 Å². The van der Waals surface area contributed by atoms with Gasteiger partial charge < -0.3 is 4.74 Å². The fourth-order valence-corrected chi connectivity index (χ4v) is 3.77. The van der Waals surface area contributed by atoms with Gasteiger partial charge in [0.05, 0.1) is 6.10 Å². The second-order valence-corrected chi connectivity index (χ2v) is 6.96. The van der Waals surface area contributed by atoms with E-state index in [0.717, 1.165) is 36.0 Å². The van der Waals surface area contributed by atoms with Gasteiger partial charge in [-0.2, -0.15) is 0 Å². The summed E-state index contributed by atoms with van der Waals surface area (Å²) in [5.41, 5.74) is 4.16. The number of methoxy groups -OCH3 is 1. The summed E-state index contributed by atoms with van der Waals surface area (Å²) in [4.78, 5) is 0. The monoisotopic (exact) mass is 338 g/mol. The number of halogens is 1. The Labute approximate surface area is 150 Å². The molecule has 25 heavy (non-hydrogen) atoms. The number of hydrogen-bond donors (Lipinski definition) is 0. The van der Waals surface area contributed by atoms with Crippen LogP contribution in [0.4, 0.5) is 4.39 Å². The molecule has 0 atom stereocenters. The molecule has 1 aliphatic carbocycles. The van der Waals surface area contributed by atoms with Gasteiger partial charge in [-0.1, -0.05) is 42.5 Å². The standard InChI is InChI=1S/C23H27FO/c1-3-4-5-20-10-11-21(16-23(20)24)19-8-6-17(7-9-19)18-12-14-22(25-2)15-13-18/h3,6-11,16,18,22H,1,4-5,12-15H2,2H3. The van der Waals surface area contributed by atoms with Crippen LogP contribution in [0.5, 0.6) is 0 Å². The normalized spacial score (nSPS) is 20.4. The Morgan fingerprint density at radius 2 is 1.72 bits per heavy atom. The largest absolute Gasteiger partial charge is 0.381 e. The summed E-state index contributed by atoms with van der Waals surface area (Å²) in [6.07, 6.45) is 8.41. The van der Waals surface area contributed by atoms with Gasteiger partial charge in [-0.25, -0.2) is 4.39 Å². The SMILES string of the molecule is C=CCCc1ccc(-c2ccc(C3CCC(OC)CC3)cc2)cc1F. The third-order valence-corrected chi connectivity index (χ3v) is 5.39. The average molecular weight is 338 g/mol. The minimum absolute atomic E-state index is 0.124. The quantitative estimate of drug-likeness (QED) is 0.563. The Balaban J connectivity index is 1.70. The van der Waals surface area contributed by atoms with Gasteiger partial charge in [-0.05, 0) is 72.8 Å². The lowest BCUT2D eigenvalue weighted by atomic mass is 9.82. The summed E-state index contributed by atoms with van der Waals surface area (Å²) < 4.78 is 19.7. The second kappa shape index (κ2) is 8.44. The first-order chi connectivity index (χ1) is 12.2. The molecule has 1 nitrogen and oxygen atoms in total. The Hall–Kier alpha value is -1.93. The molecular formula is C23H27FO. The molecule has 0 unspecified atom stereocenters. The maximum atomic E-state index is 14.3. The Morgan fingerprint density at radius 1 is 1.04 bits per heavy atom. The molecule has 2 aromatic carbocycles. The smallest absolute Gasteiger partial charge is 0.127 e. The first kappa shape index (κ1) is 17.9. The molecule has 1 saturated carbocycles. The van der Waals surface area contributed by atoms with Gasteiger partial charge in [-0.3, -0.25) is 0 Å². The van der Waals surface area contributed by atoms with Crippen molar-refractivity contribution in [2.75, 3.05) is 7.11 Å². The molecule has 0 aliphatic heterocycles. The highest BCUT2D eigenvalue weighted by molar-refractivity contribution is 5.64. The molecule has 0 spiro atoms. The summed E-state index contributed by atoms with van der Waals surface area (Å²) in [6, 6.07) is 14.2. The van der Waals surface area contributed by atoms with E-state index in [1.54, 1.807) is 6.07 Å². The van der Waals surface area contributed by atoms with Crippen molar-refractivity contribution in [2.45, 2.75) is 50.5 Å². The molecule has 0 saturated heterocycles. The van der Waals surface area contributed by atoms with E-state index < -0.39 is 0 Å². The van der Waals surface area contributed by atoms with Crippen LogP contribution in [0.15, 0.2) is 55.1 Å². The first-order valence-corrected chi connectivity index (χ1v) is 9.23. The van der Waals surface area contributed by atoms with Crippen LogP contribution in [0.25, 0.3) is 11.1 Å². The molecule has 0 radical (unpaired) electrons. The van der Waals surface area contributed by atoms with Crippen LogP contribution in [-0.4, -0.2) is 13.2 Å². The Bertz CT molecular complexity index is 697. The lowest BCUT2D eigenvalue weighted by Crippen LogP contribution is -2.19. The molecule has 0 heterocycles. The molecule has 1 fully saturated rings. The van der Waals surface area contributed by atoms with E-state index in [1.807, 2.05) is 25.3 Å². The third-order valence-electron chi connectivity index (χ3n) is 5.39. The molecule has 1 aliphatic rings. The van der Waals surface area contributed by atoms with Gasteiger partial charge in [0, 0.05) is 7.11 Å². The summed E-state index contributed by atoms with van der Waals surface area (Å²) >= 11 is 0. The summed E-state index contributed by atoms with van der Waals surface area (Å²) in [6.45, 7) is 3.70. The maximum absolute atomic E-state index is 14.3. The van der Waals surface area contributed by atoms with Crippen LogP contribution in [-0.2, 0) is 11.2 Å². The molecule has 3 rings (SSSR count). The number of allylic oxidation sites excluding steroid dienone is 1. The van der Waals surface area contributed by atoms with E-state index >= 15 is 0 Å². The van der Waals surface area contributed by atoms with E-state index in [2.05, 4.69) is 30.8 Å². The predicted molar refractivity (Wildman–Crippen MR) is 102 cm³/mol. The fraction of sp³-hybridized carbons (Fsp3) is 0.391. The second-order valence-electron chi connectivity index (χ2n) is 6.96. The van der Waals surface area contributed by atoms with Crippen molar-refractivity contribution >= 4 is 0 Å². The van der Waals surface area contributed by atoms with Crippen LogP contribution in [0.3, 0.4) is 0 Å². The minimum Gasteiger partial charge on any atom is -0.381 e. The van der Waals surface area contributed by atoms with E-state index in [0.29, 0.717) is 18.4 Å². The highest BCUT2D eigenvalue weighted by atomic mass is 19.1. The average Bonchev–Trinajstić information content (AvgIpc) is 2.67. The number of rotatable bonds is 6. The fourth-order valence-electron chi connectivity index (χ4n) is 3.77. The molecule has 0 bridgehead atoms. The van der Waals surface area contributed by atoms with Crippen molar-refractivity contribution in [1.82, 2.24) is 0 Å². The number of hydrogen-bond acceptors (Lipinski definition) is 1. The first-order valence-electron chi connectivity index (χ1n) is 9.23. The number of benzene rings is 2. The zero-order chi connectivity index (χ0) is 17.6. The topological polar surface area (TPSA) is 9.23 Å². The van der Waals surface area contributed by atoms with Gasteiger partial charge in [-0.15, -0.1) is 6.58 Å². The zero-order valence-corrected chi connectivity index (χ0v) is 15.0. The van der Waals surface area contributed by atoms with Gasteiger partial charge in [0.25, 0.3) is 0 Å². The van der Waals surface area contributed by atoms with Crippen molar-refractivity contribution < 1.29 is 9.13 Å². The van der Waals surface area contributed by atoms with Gasteiger partial charge in [0.1, 0.15) is 5.82 Å². The van der Waals surface area contributed by atoms with Crippen molar-refractivity contribution in [1.29, 1.82) is 0 Å². The van der Waals surface area contributed by atoms with Crippen LogP contribution in [0.2, 0.25) is 0 Å². The Kier molecular flexibility index (Phi) is 6.04. The zero-order valence-electron chi connectivity index (χ0n) is 15.0. The van der Waals surface area contributed by atoms with Crippen LogP contribution < -0.4 is 0 Å². The van der Waals surface area contributed by atoms with Crippen LogP contribution >= 0.6 is 0 Å². The third kappa shape index (κ3) is 4.38. The van der Waals surface area contributed by atoms with Gasteiger partial charge in [0.2, 0.25) is 0 Å². The summed E-state index contributed by atoms with van der Waals surface area (Å²) in [5, 5.41) is 0. The molecule has 0 amide bonds. The van der Waals surface area contributed by atoms with Crippen molar-refractivity contribution in [3.8, 4) is 11.1 Å². The highest BCUT2D eigenvalue weighted by Gasteiger charge is 2.21. The predicted octanol–water partition coefficient (Wildman–Crippen LogP) is 6.28. The minimum atomic E-state index is -0.124. The molecule has 0 aromatic heterocycles. The molecule has 0 N–H and O–H groups in total. The van der Waals surface area contributed by atoms with Crippen molar-refractivity contribution in [3.63, 3.8) is 0 Å². The highest BCUT2D eigenvalue weighted by Crippen LogP contribution is 2.34. The van der Waals surface area contributed by atoms with Crippen molar-refractivity contribution in [2.24, 2.45) is 0 Å². The summed E-state index contributed by atoms with van der Waals surface area (Å²) in [7, 11) is 1.81. The van der Waals surface area contributed by atoms with E-state index in [4.69, 9.17) is 4.74 Å². The Morgan fingerprint density at radius 3 is 2.32 bits per heavy atom. The van der Waals surface area contributed by atoms with Crippen LogP contribution in [0, 0.1) is 5.82 Å². The number of ether oxygens (including phenoxy) is 1. The molecule has 2 heteroatoms. The molecule has 132 valence electrons. The molecular weight excluding hydrogens is 311 g/mol. The van der Waals surface area contributed by atoms with E-state index in [1.165, 1.54) is 18.4 Å². The lowest BCUT2D eigenvalue weighted by molar-refractivity contribution is 0.0659. The lowest BCUT2D eigenvalue weighted by Gasteiger charge is -2.27. The van der Waals surface area contributed by atoms with E-state index in [-0.39, 0.29) is 5.82 Å². The maximum Gasteiger partial charge on any atom is 0.127 e. The van der Waals surface area contributed by atoms with Gasteiger partial charge in [0.15, 0.2) is 0 Å². The van der Waals surface area contributed by atoms with E-state index in [9.17, 15) is 4.39 Å². The van der Waals surface area contributed by atoms with Crippen LogP contribution in [0.1, 0.15) is 49.1 Å². The molecule has 2 aromatic rings. The number of aryl methyl sites for hydroxylation is 1. The summed E-state index contributed by atoms with van der Waals surface area (Å²) in [5.74, 6) is 0.500.